The molecular weight excluding hydrogens is 248 g/mol. The zero-order valence-electron chi connectivity index (χ0n) is 13.4. The molecule has 0 saturated heterocycles. The van der Waals surface area contributed by atoms with Crippen molar-refractivity contribution in [2.24, 2.45) is 23.3 Å². The molecule has 0 amide bonds. The van der Waals surface area contributed by atoms with Crippen LogP contribution in [-0.4, -0.2) is 19.7 Å². The molecule has 1 aromatic rings. The SMILES string of the molecule is CCCOc1ccc(C)cc1C(C)C(C)C(CN)CN. The van der Waals surface area contributed by atoms with Gasteiger partial charge >= 0.3 is 0 Å². The maximum absolute atomic E-state index is 5.90. The summed E-state index contributed by atoms with van der Waals surface area (Å²) < 4.78 is 5.90. The molecule has 20 heavy (non-hydrogen) atoms. The van der Waals surface area contributed by atoms with E-state index in [4.69, 9.17) is 16.2 Å². The van der Waals surface area contributed by atoms with Gasteiger partial charge in [-0.3, -0.25) is 0 Å². The van der Waals surface area contributed by atoms with Gasteiger partial charge in [0.1, 0.15) is 5.75 Å². The van der Waals surface area contributed by atoms with Gasteiger partial charge in [0.2, 0.25) is 0 Å². The van der Waals surface area contributed by atoms with E-state index in [2.05, 4.69) is 45.9 Å². The highest BCUT2D eigenvalue weighted by Gasteiger charge is 2.24. The lowest BCUT2D eigenvalue weighted by atomic mass is 9.79. The molecule has 1 rings (SSSR count). The highest BCUT2D eigenvalue weighted by Crippen LogP contribution is 2.35. The summed E-state index contributed by atoms with van der Waals surface area (Å²) in [5.41, 5.74) is 14.2. The highest BCUT2D eigenvalue weighted by atomic mass is 16.5. The van der Waals surface area contributed by atoms with E-state index in [1.807, 2.05) is 0 Å². The lowest BCUT2D eigenvalue weighted by Crippen LogP contribution is -2.31. The second-order valence-electron chi connectivity index (χ2n) is 5.77. The van der Waals surface area contributed by atoms with Crippen molar-refractivity contribution < 1.29 is 4.74 Å². The van der Waals surface area contributed by atoms with Crippen molar-refractivity contribution in [3.63, 3.8) is 0 Å². The second-order valence-corrected chi connectivity index (χ2v) is 5.77. The first-order valence-corrected chi connectivity index (χ1v) is 7.68. The third-order valence-electron chi connectivity index (χ3n) is 4.26. The smallest absolute Gasteiger partial charge is 0.122 e. The standard InChI is InChI=1S/C17H30N2O/c1-5-8-20-17-7-6-12(2)9-16(17)14(4)13(3)15(10-18)11-19/h6-7,9,13-15H,5,8,10-11,18-19H2,1-4H3. The van der Waals surface area contributed by atoms with E-state index in [0.29, 0.717) is 30.8 Å². The molecule has 2 atom stereocenters. The lowest BCUT2D eigenvalue weighted by molar-refractivity contribution is 0.294. The zero-order chi connectivity index (χ0) is 15.1. The molecule has 0 bridgehead atoms. The van der Waals surface area contributed by atoms with Crippen molar-refractivity contribution in [1.29, 1.82) is 0 Å². The van der Waals surface area contributed by atoms with Gasteiger partial charge in [-0.25, -0.2) is 0 Å². The fraction of sp³-hybridized carbons (Fsp3) is 0.647. The average Bonchev–Trinajstić information content (AvgIpc) is 2.46. The Morgan fingerprint density at radius 2 is 1.80 bits per heavy atom. The van der Waals surface area contributed by atoms with Crippen LogP contribution in [0.5, 0.6) is 5.75 Å². The minimum absolute atomic E-state index is 0.351. The van der Waals surface area contributed by atoms with Crippen LogP contribution in [0.25, 0.3) is 0 Å². The topological polar surface area (TPSA) is 61.3 Å². The monoisotopic (exact) mass is 278 g/mol. The molecule has 0 spiro atoms. The van der Waals surface area contributed by atoms with Crippen LogP contribution in [-0.2, 0) is 0 Å². The summed E-state index contributed by atoms with van der Waals surface area (Å²) in [6.07, 6.45) is 1.02. The van der Waals surface area contributed by atoms with Crippen molar-refractivity contribution >= 4 is 0 Å². The number of ether oxygens (including phenoxy) is 1. The van der Waals surface area contributed by atoms with Gasteiger partial charge in [0.15, 0.2) is 0 Å². The zero-order valence-corrected chi connectivity index (χ0v) is 13.4. The fourth-order valence-electron chi connectivity index (χ4n) is 2.58. The van der Waals surface area contributed by atoms with E-state index in [1.54, 1.807) is 0 Å². The Kier molecular flexibility index (Phi) is 7.03. The van der Waals surface area contributed by atoms with Crippen LogP contribution in [0.2, 0.25) is 0 Å². The largest absolute Gasteiger partial charge is 0.493 e. The summed E-state index contributed by atoms with van der Waals surface area (Å²) in [5, 5.41) is 0. The Balaban J connectivity index is 3.00. The van der Waals surface area contributed by atoms with Gasteiger partial charge in [-0.2, -0.15) is 0 Å². The average molecular weight is 278 g/mol. The molecule has 0 aliphatic carbocycles. The molecule has 0 radical (unpaired) electrons. The molecule has 3 nitrogen and oxygen atoms in total. The number of rotatable bonds is 8. The Hall–Kier alpha value is -1.06. The van der Waals surface area contributed by atoms with Crippen LogP contribution in [0.1, 0.15) is 44.2 Å². The number of hydrogen-bond acceptors (Lipinski definition) is 3. The quantitative estimate of drug-likeness (QED) is 0.768. The second kappa shape index (κ2) is 8.28. The molecule has 0 aromatic heterocycles. The van der Waals surface area contributed by atoms with Crippen LogP contribution < -0.4 is 16.2 Å². The Bertz CT molecular complexity index is 402. The maximum Gasteiger partial charge on any atom is 0.122 e. The van der Waals surface area contributed by atoms with Crippen LogP contribution >= 0.6 is 0 Å². The summed E-state index contributed by atoms with van der Waals surface area (Å²) in [7, 11) is 0. The molecule has 0 aliphatic heterocycles. The molecule has 3 heteroatoms. The number of hydrogen-bond donors (Lipinski definition) is 2. The van der Waals surface area contributed by atoms with Crippen LogP contribution in [0, 0.1) is 18.8 Å². The number of aryl methyl sites for hydroxylation is 1. The van der Waals surface area contributed by atoms with Gasteiger partial charge in [0, 0.05) is 0 Å². The first kappa shape index (κ1) is 17.0. The third-order valence-corrected chi connectivity index (χ3v) is 4.26. The predicted octanol–water partition coefficient (Wildman–Crippen LogP) is 3.06. The Labute approximate surface area is 123 Å². The molecule has 0 saturated carbocycles. The lowest BCUT2D eigenvalue weighted by Gasteiger charge is -2.28. The Morgan fingerprint density at radius 3 is 2.35 bits per heavy atom. The predicted molar refractivity (Wildman–Crippen MR) is 86.1 cm³/mol. The molecule has 114 valence electrons. The third kappa shape index (κ3) is 4.22. The molecule has 0 heterocycles. The number of nitrogens with two attached hydrogens (primary N) is 2. The normalized spacial score (nSPS) is 14.3. The molecule has 2 unspecified atom stereocenters. The van der Waals surface area contributed by atoms with Crippen molar-refractivity contribution in [2.45, 2.75) is 40.0 Å². The van der Waals surface area contributed by atoms with Crippen molar-refractivity contribution in [3.05, 3.63) is 29.3 Å². The summed E-state index contributed by atoms with van der Waals surface area (Å²) in [5.74, 6) is 2.18. The van der Waals surface area contributed by atoms with Gasteiger partial charge in [0.25, 0.3) is 0 Å². The van der Waals surface area contributed by atoms with E-state index in [9.17, 15) is 0 Å². The van der Waals surface area contributed by atoms with Crippen molar-refractivity contribution in [1.82, 2.24) is 0 Å². The Morgan fingerprint density at radius 1 is 1.15 bits per heavy atom. The highest BCUT2D eigenvalue weighted by molar-refractivity contribution is 5.39. The van der Waals surface area contributed by atoms with E-state index in [1.165, 1.54) is 11.1 Å². The summed E-state index contributed by atoms with van der Waals surface area (Å²) in [4.78, 5) is 0. The summed E-state index contributed by atoms with van der Waals surface area (Å²) >= 11 is 0. The van der Waals surface area contributed by atoms with Gasteiger partial charge in [0.05, 0.1) is 6.61 Å². The van der Waals surface area contributed by atoms with Gasteiger partial charge in [-0.1, -0.05) is 38.5 Å². The molecular formula is C17H30N2O. The molecule has 0 aliphatic rings. The van der Waals surface area contributed by atoms with Crippen LogP contribution in [0.15, 0.2) is 18.2 Å². The van der Waals surface area contributed by atoms with Crippen molar-refractivity contribution in [2.75, 3.05) is 19.7 Å². The summed E-state index contributed by atoms with van der Waals surface area (Å²) in [6.45, 7) is 10.8. The summed E-state index contributed by atoms with van der Waals surface area (Å²) in [6, 6.07) is 6.43. The molecule has 0 fully saturated rings. The van der Waals surface area contributed by atoms with E-state index < -0.39 is 0 Å². The van der Waals surface area contributed by atoms with Crippen LogP contribution in [0.4, 0.5) is 0 Å². The molecule has 4 N–H and O–H groups in total. The van der Waals surface area contributed by atoms with Gasteiger partial charge in [-0.05, 0) is 55.8 Å². The first-order chi connectivity index (χ1) is 9.54. The van der Waals surface area contributed by atoms with E-state index in [-0.39, 0.29) is 0 Å². The van der Waals surface area contributed by atoms with E-state index >= 15 is 0 Å². The minimum atomic E-state index is 0.351. The maximum atomic E-state index is 5.90. The minimum Gasteiger partial charge on any atom is -0.493 e. The van der Waals surface area contributed by atoms with Gasteiger partial charge in [-0.15, -0.1) is 0 Å². The first-order valence-electron chi connectivity index (χ1n) is 7.68. The number of benzene rings is 1. The fourth-order valence-corrected chi connectivity index (χ4v) is 2.58. The van der Waals surface area contributed by atoms with Crippen molar-refractivity contribution in [3.8, 4) is 5.75 Å². The van der Waals surface area contributed by atoms with Crippen LogP contribution in [0.3, 0.4) is 0 Å². The molecule has 1 aromatic carbocycles. The van der Waals surface area contributed by atoms with E-state index in [0.717, 1.165) is 18.8 Å². The van der Waals surface area contributed by atoms with Gasteiger partial charge < -0.3 is 16.2 Å².